The highest BCUT2D eigenvalue weighted by molar-refractivity contribution is 5.85. The molecular formula is C24H32N4O6. The van der Waals surface area contributed by atoms with Gasteiger partial charge in [-0.15, -0.1) is 0 Å². The Kier molecular flexibility index (Phi) is 8.25. The number of nitrogens with one attached hydrogen (secondary N) is 3. The Morgan fingerprint density at radius 2 is 1.79 bits per heavy atom. The van der Waals surface area contributed by atoms with Crippen LogP contribution in [0.25, 0.3) is 10.9 Å². The van der Waals surface area contributed by atoms with E-state index in [0.717, 1.165) is 17.4 Å². The molecule has 0 unspecified atom stereocenters. The van der Waals surface area contributed by atoms with Crippen LogP contribution in [0, 0.1) is 17.8 Å². The maximum Gasteiger partial charge on any atom is 0.329 e. The van der Waals surface area contributed by atoms with E-state index in [1.165, 1.54) is 0 Å². The van der Waals surface area contributed by atoms with Gasteiger partial charge < -0.3 is 20.7 Å². The molecule has 184 valence electrons. The number of aliphatic carboxylic acids is 1. The number of carboxylic acids is 1. The van der Waals surface area contributed by atoms with Gasteiger partial charge in [-0.1, -0.05) is 26.0 Å². The van der Waals surface area contributed by atoms with Crippen LogP contribution < -0.4 is 21.9 Å². The molecule has 10 nitrogen and oxygen atoms in total. The molecule has 0 bridgehead atoms. The molecule has 2 aromatic rings. The van der Waals surface area contributed by atoms with Crippen molar-refractivity contribution in [2.24, 2.45) is 17.8 Å². The molecule has 1 aliphatic carbocycles. The Bertz CT molecular complexity index is 1160. The molecule has 1 aromatic carbocycles. The van der Waals surface area contributed by atoms with Gasteiger partial charge in [-0.05, 0) is 56.1 Å². The Balaban J connectivity index is 1.48. The molecule has 0 aliphatic heterocycles. The highest BCUT2D eigenvalue weighted by atomic mass is 16.4. The number of aromatic amines is 1. The van der Waals surface area contributed by atoms with Crippen molar-refractivity contribution < 1.29 is 19.5 Å². The number of aromatic nitrogens is 2. The third-order valence-corrected chi connectivity index (χ3v) is 6.32. The number of hydrogen-bond donors (Lipinski definition) is 4. The van der Waals surface area contributed by atoms with Gasteiger partial charge in [0.15, 0.2) is 0 Å². The summed E-state index contributed by atoms with van der Waals surface area (Å²) < 4.78 is 0.884. The average molecular weight is 473 g/mol. The van der Waals surface area contributed by atoms with Gasteiger partial charge in [0.05, 0.1) is 10.9 Å². The van der Waals surface area contributed by atoms with Gasteiger partial charge >= 0.3 is 11.7 Å². The van der Waals surface area contributed by atoms with E-state index in [9.17, 15) is 29.1 Å². The van der Waals surface area contributed by atoms with Gasteiger partial charge in [0.2, 0.25) is 11.8 Å². The van der Waals surface area contributed by atoms with Crippen LogP contribution in [0.3, 0.4) is 0 Å². The first-order chi connectivity index (χ1) is 16.2. The zero-order valence-corrected chi connectivity index (χ0v) is 19.5. The van der Waals surface area contributed by atoms with E-state index in [2.05, 4.69) is 15.6 Å². The highest BCUT2D eigenvalue weighted by Crippen LogP contribution is 2.28. The standard InChI is InChI=1S/C24H32N4O6/c1-14(2)11-19(23(32)33)26-21(30)16-9-7-15(8-10-16)12-25-20(29)13-28-22(31)17-5-3-4-6-18(17)27-24(28)34/h3-6,14-16,19H,7-13H2,1-2H3,(H,25,29)(H,26,30)(H,27,34)(H,32,33)/t15?,16?,19-/m1/s1. The van der Waals surface area contributed by atoms with Gasteiger partial charge in [-0.3, -0.25) is 19.0 Å². The van der Waals surface area contributed by atoms with Crippen LogP contribution in [0.15, 0.2) is 33.9 Å². The van der Waals surface area contributed by atoms with Crippen LogP contribution in [-0.2, 0) is 20.9 Å². The molecule has 4 N–H and O–H groups in total. The minimum Gasteiger partial charge on any atom is -0.480 e. The maximum absolute atomic E-state index is 12.6. The first-order valence-corrected chi connectivity index (χ1v) is 11.7. The molecule has 1 saturated carbocycles. The highest BCUT2D eigenvalue weighted by Gasteiger charge is 2.29. The van der Waals surface area contributed by atoms with Crippen molar-refractivity contribution in [1.82, 2.24) is 20.2 Å². The third-order valence-electron chi connectivity index (χ3n) is 6.32. The van der Waals surface area contributed by atoms with Crippen molar-refractivity contribution in [1.29, 1.82) is 0 Å². The second kappa shape index (κ2) is 11.1. The topological polar surface area (TPSA) is 150 Å². The number of carboxylic acid groups (broad SMARTS) is 1. The normalized spacial score (nSPS) is 19.0. The maximum atomic E-state index is 12.6. The summed E-state index contributed by atoms with van der Waals surface area (Å²) in [6.45, 7) is 3.84. The van der Waals surface area contributed by atoms with E-state index in [4.69, 9.17) is 0 Å². The van der Waals surface area contributed by atoms with Crippen molar-refractivity contribution in [2.45, 2.75) is 58.5 Å². The molecule has 1 aliphatic rings. The zero-order chi connectivity index (χ0) is 24.8. The van der Waals surface area contributed by atoms with Crippen molar-refractivity contribution in [3.8, 4) is 0 Å². The van der Waals surface area contributed by atoms with Gasteiger partial charge in [0, 0.05) is 12.5 Å². The molecule has 1 heterocycles. The lowest BCUT2D eigenvalue weighted by Crippen LogP contribution is -2.45. The molecule has 1 atom stereocenters. The second-order valence-corrected chi connectivity index (χ2v) is 9.42. The predicted octanol–water partition coefficient (Wildman–Crippen LogP) is 1.23. The lowest BCUT2D eigenvalue weighted by atomic mass is 9.81. The molecule has 3 rings (SSSR count). The minimum atomic E-state index is -1.03. The Morgan fingerprint density at radius 1 is 1.12 bits per heavy atom. The van der Waals surface area contributed by atoms with E-state index in [1.54, 1.807) is 24.3 Å². The number of H-pyrrole nitrogens is 1. The molecule has 0 spiro atoms. The minimum absolute atomic E-state index is 0.154. The Hall–Kier alpha value is -3.43. The molecule has 2 amide bonds. The number of hydrogen-bond acceptors (Lipinski definition) is 5. The SMILES string of the molecule is CC(C)C[C@@H](NC(=O)C1CCC(CNC(=O)Cn2c(=O)[nH]c3ccccc3c2=O)CC1)C(=O)O. The number of carbonyl (C=O) groups is 3. The molecule has 1 fully saturated rings. The van der Waals surface area contributed by atoms with Crippen LogP contribution in [0.1, 0.15) is 46.0 Å². The lowest BCUT2D eigenvalue weighted by Gasteiger charge is -2.29. The second-order valence-electron chi connectivity index (χ2n) is 9.42. The van der Waals surface area contributed by atoms with Gasteiger partial charge in [0.25, 0.3) is 5.56 Å². The van der Waals surface area contributed by atoms with E-state index < -0.39 is 29.2 Å². The quantitative estimate of drug-likeness (QED) is 0.431. The van der Waals surface area contributed by atoms with E-state index in [1.807, 2.05) is 13.8 Å². The summed E-state index contributed by atoms with van der Waals surface area (Å²) >= 11 is 0. The fraction of sp³-hybridized carbons (Fsp3) is 0.542. The van der Waals surface area contributed by atoms with Crippen molar-refractivity contribution in [3.05, 3.63) is 45.1 Å². The van der Waals surface area contributed by atoms with E-state index >= 15 is 0 Å². The van der Waals surface area contributed by atoms with E-state index in [0.29, 0.717) is 36.7 Å². The summed E-state index contributed by atoms with van der Waals surface area (Å²) in [4.78, 5) is 63.7. The van der Waals surface area contributed by atoms with Crippen LogP contribution >= 0.6 is 0 Å². The number of amides is 2. The van der Waals surface area contributed by atoms with Crippen molar-refractivity contribution in [2.75, 3.05) is 6.54 Å². The van der Waals surface area contributed by atoms with Crippen LogP contribution in [0.5, 0.6) is 0 Å². The first kappa shape index (κ1) is 25.2. The van der Waals surface area contributed by atoms with Gasteiger partial charge in [-0.2, -0.15) is 0 Å². The summed E-state index contributed by atoms with van der Waals surface area (Å²) in [5.41, 5.74) is -0.727. The fourth-order valence-corrected chi connectivity index (χ4v) is 4.41. The number of fused-ring (bicyclic) bond motifs is 1. The summed E-state index contributed by atoms with van der Waals surface area (Å²) in [6.07, 6.45) is 3.05. The number of rotatable bonds is 9. The van der Waals surface area contributed by atoms with Crippen LogP contribution in [0.4, 0.5) is 0 Å². The van der Waals surface area contributed by atoms with Gasteiger partial charge in [-0.25, -0.2) is 9.59 Å². The zero-order valence-electron chi connectivity index (χ0n) is 19.5. The number of nitrogens with zero attached hydrogens (tertiary/aromatic N) is 1. The third kappa shape index (κ3) is 6.33. The van der Waals surface area contributed by atoms with Crippen LogP contribution in [-0.4, -0.2) is 45.0 Å². The van der Waals surface area contributed by atoms with Crippen LogP contribution in [0.2, 0.25) is 0 Å². The van der Waals surface area contributed by atoms with Gasteiger partial charge in [0.1, 0.15) is 12.6 Å². The smallest absolute Gasteiger partial charge is 0.329 e. The Labute approximate surface area is 196 Å². The number of benzene rings is 1. The summed E-state index contributed by atoms with van der Waals surface area (Å²) in [6, 6.07) is 5.74. The molecule has 0 saturated heterocycles. The summed E-state index contributed by atoms with van der Waals surface area (Å²) in [5.74, 6) is -1.60. The molecular weight excluding hydrogens is 440 g/mol. The summed E-state index contributed by atoms with van der Waals surface area (Å²) in [7, 11) is 0. The lowest BCUT2D eigenvalue weighted by molar-refractivity contribution is -0.143. The predicted molar refractivity (Wildman–Crippen MR) is 126 cm³/mol. The number of carbonyl (C=O) groups excluding carboxylic acids is 2. The van der Waals surface area contributed by atoms with Crippen molar-refractivity contribution in [3.63, 3.8) is 0 Å². The molecule has 10 heteroatoms. The largest absolute Gasteiger partial charge is 0.480 e. The fourth-order valence-electron chi connectivity index (χ4n) is 4.41. The molecule has 0 radical (unpaired) electrons. The Morgan fingerprint density at radius 3 is 2.44 bits per heavy atom. The average Bonchev–Trinajstić information content (AvgIpc) is 2.80. The molecule has 1 aromatic heterocycles. The van der Waals surface area contributed by atoms with E-state index in [-0.39, 0.29) is 30.2 Å². The number of para-hydroxylation sites is 1. The monoisotopic (exact) mass is 472 g/mol. The molecule has 34 heavy (non-hydrogen) atoms. The van der Waals surface area contributed by atoms with Crippen molar-refractivity contribution >= 4 is 28.7 Å². The first-order valence-electron chi connectivity index (χ1n) is 11.7. The summed E-state index contributed by atoms with van der Waals surface area (Å²) in [5, 5.41) is 15.1.